The number of aldehydes is 1. The number of sulfonamides is 1. The van der Waals surface area contributed by atoms with Crippen LogP contribution in [0.25, 0.3) is 0 Å². The van der Waals surface area contributed by atoms with Crippen LogP contribution in [0, 0.1) is 23.2 Å². The highest BCUT2D eigenvalue weighted by atomic mass is 32.2. The van der Waals surface area contributed by atoms with E-state index in [1.54, 1.807) is 12.1 Å². The molecule has 7 nitrogen and oxygen atoms in total. The Kier molecular flexibility index (Phi) is 7.20. The number of nitrogens with two attached hydrogens (primary N) is 1. The van der Waals surface area contributed by atoms with Crippen LogP contribution in [0.5, 0.6) is 0 Å². The predicted molar refractivity (Wildman–Crippen MR) is 125 cm³/mol. The van der Waals surface area contributed by atoms with Gasteiger partial charge in [0, 0.05) is 13.1 Å². The first kappa shape index (κ1) is 23.2. The van der Waals surface area contributed by atoms with Gasteiger partial charge in [0.25, 0.3) is 0 Å². The SMILES string of the molecule is N=C(N)N1CCCC(CC(C2CC2)C(C=O)NS(=O)(=O)c2ccc(C3CCCC3)cc2)C1. The smallest absolute Gasteiger partial charge is 0.241 e. The normalized spacial score (nSPS) is 24.2. The van der Waals surface area contributed by atoms with Gasteiger partial charge >= 0.3 is 0 Å². The van der Waals surface area contributed by atoms with Gasteiger partial charge in [-0.25, -0.2) is 13.1 Å². The average Bonchev–Trinajstić information content (AvgIpc) is 3.49. The minimum absolute atomic E-state index is 0.0167. The number of piperidine rings is 1. The Hall–Kier alpha value is -1.93. The van der Waals surface area contributed by atoms with Crippen molar-refractivity contribution in [1.82, 2.24) is 9.62 Å². The molecule has 32 heavy (non-hydrogen) atoms. The third-order valence-electron chi connectivity index (χ3n) is 7.61. The van der Waals surface area contributed by atoms with Gasteiger partial charge in [0.2, 0.25) is 10.0 Å². The van der Waals surface area contributed by atoms with Crippen molar-refractivity contribution in [2.75, 3.05) is 13.1 Å². The first-order chi connectivity index (χ1) is 15.4. The number of hydrogen-bond acceptors (Lipinski definition) is 4. The molecule has 0 bridgehead atoms. The topological polar surface area (TPSA) is 116 Å². The molecule has 4 N–H and O–H groups in total. The van der Waals surface area contributed by atoms with Crippen molar-refractivity contribution < 1.29 is 13.2 Å². The summed E-state index contributed by atoms with van der Waals surface area (Å²) in [4.78, 5) is 14.1. The molecule has 1 saturated heterocycles. The summed E-state index contributed by atoms with van der Waals surface area (Å²) in [6.07, 6.45) is 10.4. The van der Waals surface area contributed by atoms with Crippen molar-refractivity contribution in [3.05, 3.63) is 29.8 Å². The summed E-state index contributed by atoms with van der Waals surface area (Å²) in [6.45, 7) is 1.50. The molecular formula is C24H36N4O3S. The molecule has 0 aromatic heterocycles. The fourth-order valence-electron chi connectivity index (χ4n) is 5.66. The Labute approximate surface area is 191 Å². The number of nitrogens with zero attached hydrogens (tertiary/aromatic N) is 1. The van der Waals surface area contributed by atoms with Gasteiger partial charge in [0.05, 0.1) is 10.9 Å². The lowest BCUT2D eigenvalue weighted by molar-refractivity contribution is -0.110. The van der Waals surface area contributed by atoms with Gasteiger partial charge in [0.1, 0.15) is 6.29 Å². The number of hydrogen-bond donors (Lipinski definition) is 3. The van der Waals surface area contributed by atoms with Crippen LogP contribution in [-0.4, -0.2) is 44.7 Å². The molecule has 3 fully saturated rings. The second kappa shape index (κ2) is 9.91. The molecule has 1 aromatic rings. The van der Waals surface area contributed by atoms with Gasteiger partial charge in [-0.2, -0.15) is 0 Å². The number of guanidine groups is 1. The van der Waals surface area contributed by atoms with E-state index >= 15 is 0 Å². The third kappa shape index (κ3) is 5.52. The summed E-state index contributed by atoms with van der Waals surface area (Å²) >= 11 is 0. The van der Waals surface area contributed by atoms with Gasteiger partial charge < -0.3 is 15.4 Å². The van der Waals surface area contributed by atoms with Gasteiger partial charge in [-0.15, -0.1) is 0 Å². The monoisotopic (exact) mass is 460 g/mol. The van der Waals surface area contributed by atoms with Gasteiger partial charge in [0.15, 0.2) is 5.96 Å². The second-order valence-corrected chi connectivity index (χ2v) is 11.6. The zero-order chi connectivity index (χ0) is 22.7. The largest absolute Gasteiger partial charge is 0.370 e. The van der Waals surface area contributed by atoms with Crippen LogP contribution in [0.15, 0.2) is 29.2 Å². The maximum absolute atomic E-state index is 13.1. The van der Waals surface area contributed by atoms with E-state index in [0.29, 0.717) is 24.3 Å². The summed E-state index contributed by atoms with van der Waals surface area (Å²) in [5, 5.41) is 7.72. The molecule has 2 aliphatic carbocycles. The van der Waals surface area contributed by atoms with Crippen LogP contribution < -0.4 is 10.5 Å². The Bertz CT molecular complexity index is 908. The Morgan fingerprint density at radius 2 is 1.81 bits per heavy atom. The number of nitrogens with one attached hydrogen (secondary N) is 2. The van der Waals surface area contributed by atoms with Gasteiger partial charge in [-0.05, 0) is 86.3 Å². The van der Waals surface area contributed by atoms with Crippen molar-refractivity contribution in [2.45, 2.75) is 74.6 Å². The molecule has 1 heterocycles. The summed E-state index contributed by atoms with van der Waals surface area (Å²) in [7, 11) is -3.77. The molecule has 0 radical (unpaired) electrons. The minimum atomic E-state index is -3.77. The molecule has 2 saturated carbocycles. The van der Waals surface area contributed by atoms with E-state index in [1.807, 2.05) is 17.0 Å². The first-order valence-electron chi connectivity index (χ1n) is 12.0. The Morgan fingerprint density at radius 1 is 1.12 bits per heavy atom. The summed E-state index contributed by atoms with van der Waals surface area (Å²) in [6, 6.07) is 6.48. The standard InChI is InChI=1S/C24H36N4O3S/c25-24(26)28-13-3-4-17(15-28)14-22(20-7-8-20)23(16-29)27-32(30,31)21-11-9-19(10-12-21)18-5-1-2-6-18/h9-12,16-18,20,22-23,27H,1-8,13-15H2,(H3,25,26). The van der Waals surface area contributed by atoms with Gasteiger partial charge in [-0.1, -0.05) is 25.0 Å². The third-order valence-corrected chi connectivity index (χ3v) is 9.08. The Balaban J connectivity index is 1.44. The first-order valence-corrected chi connectivity index (χ1v) is 13.5. The summed E-state index contributed by atoms with van der Waals surface area (Å²) < 4.78 is 28.9. The molecule has 8 heteroatoms. The van der Waals surface area contributed by atoms with Crippen LogP contribution in [0.4, 0.5) is 0 Å². The lowest BCUT2D eigenvalue weighted by Crippen LogP contribution is -2.46. The van der Waals surface area contributed by atoms with Gasteiger partial charge in [-0.3, -0.25) is 5.41 Å². The van der Waals surface area contributed by atoms with Crippen LogP contribution in [0.2, 0.25) is 0 Å². The highest BCUT2D eigenvalue weighted by Gasteiger charge is 2.40. The number of rotatable bonds is 9. The van der Waals surface area contributed by atoms with E-state index in [1.165, 1.54) is 31.2 Å². The lowest BCUT2D eigenvalue weighted by atomic mass is 9.82. The van der Waals surface area contributed by atoms with E-state index in [-0.39, 0.29) is 16.8 Å². The maximum Gasteiger partial charge on any atom is 0.241 e. The zero-order valence-electron chi connectivity index (χ0n) is 18.7. The van der Waals surface area contributed by atoms with Crippen molar-refractivity contribution >= 4 is 22.3 Å². The van der Waals surface area contributed by atoms with E-state index in [4.69, 9.17) is 11.1 Å². The van der Waals surface area contributed by atoms with E-state index in [0.717, 1.165) is 44.9 Å². The molecular weight excluding hydrogens is 424 g/mol. The van der Waals surface area contributed by atoms with Crippen LogP contribution in [-0.2, 0) is 14.8 Å². The summed E-state index contributed by atoms with van der Waals surface area (Å²) in [5.74, 6) is 1.30. The minimum Gasteiger partial charge on any atom is -0.370 e. The van der Waals surface area contributed by atoms with Crippen molar-refractivity contribution in [3.8, 4) is 0 Å². The van der Waals surface area contributed by atoms with Crippen molar-refractivity contribution in [2.24, 2.45) is 23.5 Å². The molecule has 0 amide bonds. The molecule has 4 rings (SSSR count). The molecule has 176 valence electrons. The maximum atomic E-state index is 13.1. The van der Waals surface area contributed by atoms with Crippen LogP contribution >= 0.6 is 0 Å². The predicted octanol–water partition coefficient (Wildman–Crippen LogP) is 3.21. The molecule has 1 aromatic carbocycles. The van der Waals surface area contributed by atoms with E-state index in [9.17, 15) is 13.2 Å². The fourth-order valence-corrected chi connectivity index (χ4v) is 6.88. The molecule has 0 spiro atoms. The number of carbonyl (C=O) groups is 1. The molecule has 3 atom stereocenters. The Morgan fingerprint density at radius 3 is 2.41 bits per heavy atom. The lowest BCUT2D eigenvalue weighted by Gasteiger charge is -2.36. The number of carbonyl (C=O) groups excluding carboxylic acids is 1. The molecule has 3 aliphatic rings. The zero-order valence-corrected chi connectivity index (χ0v) is 19.5. The van der Waals surface area contributed by atoms with Crippen molar-refractivity contribution in [3.63, 3.8) is 0 Å². The average molecular weight is 461 g/mol. The molecule has 1 aliphatic heterocycles. The molecule has 3 unspecified atom stereocenters. The second-order valence-electron chi connectivity index (χ2n) is 9.91. The highest BCUT2D eigenvalue weighted by molar-refractivity contribution is 7.89. The quantitative estimate of drug-likeness (QED) is 0.297. The number of benzene rings is 1. The highest BCUT2D eigenvalue weighted by Crippen LogP contribution is 2.43. The number of likely N-dealkylation sites (tertiary alicyclic amines) is 1. The van der Waals surface area contributed by atoms with E-state index < -0.39 is 16.1 Å². The fraction of sp³-hybridized carbons (Fsp3) is 0.667. The van der Waals surface area contributed by atoms with E-state index in [2.05, 4.69) is 4.72 Å². The van der Waals surface area contributed by atoms with Crippen molar-refractivity contribution in [1.29, 1.82) is 5.41 Å². The van der Waals surface area contributed by atoms with Crippen LogP contribution in [0.3, 0.4) is 0 Å². The van der Waals surface area contributed by atoms with Crippen LogP contribution in [0.1, 0.15) is 69.3 Å². The summed E-state index contributed by atoms with van der Waals surface area (Å²) in [5.41, 5.74) is 6.88.